The summed E-state index contributed by atoms with van der Waals surface area (Å²) in [5, 5.41) is 0. The highest BCUT2D eigenvalue weighted by atomic mass is 32.2. The average Bonchev–Trinajstić information content (AvgIpc) is 2.46. The van der Waals surface area contributed by atoms with Crippen molar-refractivity contribution in [1.29, 1.82) is 0 Å². The first-order valence-corrected chi connectivity index (χ1v) is 8.21. The van der Waals surface area contributed by atoms with Gasteiger partial charge in [0, 0.05) is 11.3 Å². The van der Waals surface area contributed by atoms with Crippen LogP contribution < -0.4 is 5.73 Å². The van der Waals surface area contributed by atoms with Crippen molar-refractivity contribution in [3.63, 3.8) is 0 Å². The maximum Gasteiger partial charge on any atom is 0.349 e. The molecule has 0 aliphatic carbocycles. The summed E-state index contributed by atoms with van der Waals surface area (Å²) in [4.78, 5) is 22.4. The molecule has 0 aliphatic rings. The van der Waals surface area contributed by atoms with Crippen molar-refractivity contribution < 1.29 is 22.7 Å². The number of hydrogen-bond donors (Lipinski definition) is 1. The molecule has 1 rings (SSSR count). The largest absolute Gasteiger partial charge is 0.462 e. The van der Waals surface area contributed by atoms with Crippen molar-refractivity contribution in [2.24, 2.45) is 0 Å². The Labute approximate surface area is 129 Å². The van der Waals surface area contributed by atoms with E-state index in [0.29, 0.717) is 6.42 Å². The highest BCUT2D eigenvalue weighted by Crippen LogP contribution is 2.25. The number of unbranched alkanes of at least 4 members (excludes halogenated alkanes) is 1. The van der Waals surface area contributed by atoms with Gasteiger partial charge >= 0.3 is 5.97 Å². The number of esters is 1. The Kier molecular flexibility index (Phi) is 5.87. The summed E-state index contributed by atoms with van der Waals surface area (Å²) in [6.45, 7) is 6.54. The van der Waals surface area contributed by atoms with Crippen molar-refractivity contribution in [2.75, 3.05) is 12.3 Å². The molecule has 22 heavy (non-hydrogen) atoms. The lowest BCUT2D eigenvalue weighted by Crippen LogP contribution is -2.18. The Morgan fingerprint density at radius 1 is 1.32 bits per heavy atom. The molecule has 0 amide bonds. The molecule has 0 radical (unpaired) electrons. The van der Waals surface area contributed by atoms with Gasteiger partial charge in [-0.05, 0) is 31.5 Å². The quantitative estimate of drug-likeness (QED) is 0.271. The van der Waals surface area contributed by atoms with E-state index in [1.165, 1.54) is 25.1 Å². The van der Waals surface area contributed by atoms with Crippen LogP contribution in [0.4, 0.5) is 5.69 Å². The highest BCUT2D eigenvalue weighted by molar-refractivity contribution is 7.96. The number of Topliss-reactive ketones (excluding diaryl/α,β-unsaturated/α-hetero) is 1. The normalized spacial score (nSPS) is 11.0. The fraction of sp³-hybridized carbons (Fsp3) is 0.333. The predicted molar refractivity (Wildman–Crippen MR) is 83.1 cm³/mol. The van der Waals surface area contributed by atoms with Crippen molar-refractivity contribution >= 4 is 27.3 Å². The van der Waals surface area contributed by atoms with E-state index in [1.807, 2.05) is 6.92 Å². The molecule has 6 nitrogen and oxygen atoms in total. The number of carbonyl (C=O) groups excluding carboxylic acids is 2. The number of nitrogens with two attached hydrogens (primary N) is 1. The van der Waals surface area contributed by atoms with Crippen LogP contribution >= 0.6 is 0 Å². The first kappa shape index (κ1) is 17.9. The number of benzene rings is 1. The molecule has 0 atom stereocenters. The number of rotatable bonds is 7. The van der Waals surface area contributed by atoms with E-state index >= 15 is 0 Å². The molecule has 1 aromatic carbocycles. The number of carbonyl (C=O) groups is 2. The van der Waals surface area contributed by atoms with E-state index in [2.05, 4.69) is 6.58 Å². The summed E-state index contributed by atoms with van der Waals surface area (Å²) in [7, 11) is -4.21. The minimum absolute atomic E-state index is 0.0810. The first-order chi connectivity index (χ1) is 10.2. The summed E-state index contributed by atoms with van der Waals surface area (Å²) in [6.07, 6.45) is 1.43. The molecule has 0 bridgehead atoms. The highest BCUT2D eigenvalue weighted by Gasteiger charge is 2.29. The molecule has 0 heterocycles. The lowest BCUT2D eigenvalue weighted by Gasteiger charge is -2.11. The van der Waals surface area contributed by atoms with Gasteiger partial charge < -0.3 is 10.5 Å². The third kappa shape index (κ3) is 3.94. The summed E-state index contributed by atoms with van der Waals surface area (Å²) in [6, 6.07) is 3.78. The van der Waals surface area contributed by atoms with Crippen LogP contribution in [-0.2, 0) is 19.4 Å². The number of anilines is 1. The van der Waals surface area contributed by atoms with Gasteiger partial charge in [0.1, 0.15) is 4.91 Å². The van der Waals surface area contributed by atoms with Crippen LogP contribution in [0.3, 0.4) is 0 Å². The van der Waals surface area contributed by atoms with Gasteiger partial charge in [-0.1, -0.05) is 19.9 Å². The van der Waals surface area contributed by atoms with Gasteiger partial charge in [-0.15, -0.1) is 0 Å². The lowest BCUT2D eigenvalue weighted by molar-refractivity contribution is -0.138. The van der Waals surface area contributed by atoms with Crippen molar-refractivity contribution in [1.82, 2.24) is 0 Å². The number of ether oxygens (including phenoxy) is 1. The second-order valence-electron chi connectivity index (χ2n) is 4.73. The van der Waals surface area contributed by atoms with E-state index in [9.17, 15) is 18.0 Å². The summed E-state index contributed by atoms with van der Waals surface area (Å²) in [5.74, 6) is -1.49. The average molecular weight is 325 g/mol. The Morgan fingerprint density at radius 3 is 2.50 bits per heavy atom. The van der Waals surface area contributed by atoms with Gasteiger partial charge in [0.15, 0.2) is 5.78 Å². The Balaban J connectivity index is 3.17. The zero-order valence-corrected chi connectivity index (χ0v) is 13.4. The Morgan fingerprint density at radius 2 is 1.95 bits per heavy atom. The number of sulfone groups is 1. The van der Waals surface area contributed by atoms with Gasteiger partial charge in [0.25, 0.3) is 0 Å². The number of ketones is 1. The van der Waals surface area contributed by atoms with E-state index in [0.717, 1.165) is 6.42 Å². The van der Waals surface area contributed by atoms with E-state index in [4.69, 9.17) is 10.5 Å². The molecule has 0 saturated carbocycles. The minimum Gasteiger partial charge on any atom is -0.462 e. The van der Waals surface area contributed by atoms with Gasteiger partial charge in [-0.3, -0.25) is 4.79 Å². The molecule has 0 aliphatic heterocycles. The third-order valence-electron chi connectivity index (χ3n) is 2.96. The van der Waals surface area contributed by atoms with E-state index in [-0.39, 0.29) is 22.8 Å². The van der Waals surface area contributed by atoms with Crippen LogP contribution in [0.2, 0.25) is 0 Å². The molecule has 7 heteroatoms. The Hall–Kier alpha value is -2.15. The molecule has 1 aromatic rings. The monoisotopic (exact) mass is 325 g/mol. The Bertz CT molecular complexity index is 707. The van der Waals surface area contributed by atoms with E-state index < -0.39 is 26.5 Å². The van der Waals surface area contributed by atoms with Gasteiger partial charge in [-0.25, -0.2) is 13.2 Å². The van der Waals surface area contributed by atoms with Gasteiger partial charge in [0.05, 0.1) is 11.5 Å². The number of hydrogen-bond acceptors (Lipinski definition) is 6. The zero-order chi connectivity index (χ0) is 16.9. The molecule has 0 spiro atoms. The number of nitrogen functional groups attached to an aromatic ring is 1. The van der Waals surface area contributed by atoms with Crippen LogP contribution in [0.1, 0.15) is 37.0 Å². The van der Waals surface area contributed by atoms with Crippen molar-refractivity contribution in [3.8, 4) is 0 Å². The van der Waals surface area contributed by atoms with Crippen LogP contribution in [-0.4, -0.2) is 26.8 Å². The molecule has 0 aromatic heterocycles. The van der Waals surface area contributed by atoms with Crippen LogP contribution in [0, 0.1) is 0 Å². The summed E-state index contributed by atoms with van der Waals surface area (Å²) < 4.78 is 29.7. The second kappa shape index (κ2) is 7.22. The molecule has 120 valence electrons. The molecular weight excluding hydrogens is 306 g/mol. The smallest absolute Gasteiger partial charge is 0.349 e. The standard InChI is InChI=1S/C15H19NO5S/c1-4-5-8-21-15(18)11(3)22(19,20)14-7-6-12(16)9-13(14)10(2)17/h6-7,9H,3-5,8,16H2,1-2H3. The van der Waals surface area contributed by atoms with E-state index in [1.54, 1.807) is 0 Å². The molecule has 2 N–H and O–H groups in total. The van der Waals surface area contributed by atoms with Gasteiger partial charge in [-0.2, -0.15) is 0 Å². The van der Waals surface area contributed by atoms with Crippen LogP contribution in [0.25, 0.3) is 0 Å². The van der Waals surface area contributed by atoms with Crippen molar-refractivity contribution in [3.05, 3.63) is 35.2 Å². The molecular formula is C15H19NO5S. The van der Waals surface area contributed by atoms with Gasteiger partial charge in [0.2, 0.25) is 9.84 Å². The predicted octanol–water partition coefficient (Wildman–Crippen LogP) is 2.10. The lowest BCUT2D eigenvalue weighted by atomic mass is 10.1. The SMILES string of the molecule is C=C(C(=O)OCCCC)S(=O)(=O)c1ccc(N)cc1C(C)=O. The molecule has 0 unspecified atom stereocenters. The minimum atomic E-state index is -4.21. The molecule has 0 fully saturated rings. The topological polar surface area (TPSA) is 104 Å². The maximum atomic E-state index is 12.4. The third-order valence-corrected chi connectivity index (χ3v) is 4.71. The maximum absolute atomic E-state index is 12.4. The summed E-state index contributed by atoms with van der Waals surface area (Å²) >= 11 is 0. The van der Waals surface area contributed by atoms with Crippen LogP contribution in [0.15, 0.2) is 34.6 Å². The fourth-order valence-corrected chi connectivity index (χ4v) is 2.97. The first-order valence-electron chi connectivity index (χ1n) is 6.73. The molecule has 0 saturated heterocycles. The fourth-order valence-electron chi connectivity index (χ4n) is 1.69. The van der Waals surface area contributed by atoms with Crippen LogP contribution in [0.5, 0.6) is 0 Å². The zero-order valence-electron chi connectivity index (χ0n) is 12.6. The van der Waals surface area contributed by atoms with Crippen molar-refractivity contribution in [2.45, 2.75) is 31.6 Å². The second-order valence-corrected chi connectivity index (χ2v) is 6.67. The summed E-state index contributed by atoms with van der Waals surface area (Å²) in [5.41, 5.74) is 5.73.